The predicted molar refractivity (Wildman–Crippen MR) is 106 cm³/mol. The predicted octanol–water partition coefficient (Wildman–Crippen LogP) is 3.24. The fourth-order valence-electron chi connectivity index (χ4n) is 3.96. The molecule has 0 bridgehead atoms. The van der Waals surface area contributed by atoms with Crippen LogP contribution in [0.1, 0.15) is 40.9 Å². The Morgan fingerprint density at radius 3 is 2.89 bits per heavy atom. The lowest BCUT2D eigenvalue weighted by molar-refractivity contribution is 0.0150. The highest BCUT2D eigenvalue weighted by Crippen LogP contribution is 2.31. The van der Waals surface area contributed by atoms with Crippen LogP contribution in [0.25, 0.3) is 5.57 Å². The van der Waals surface area contributed by atoms with Gasteiger partial charge in [-0.25, -0.2) is 0 Å². The first-order chi connectivity index (χ1) is 13.2. The lowest BCUT2D eigenvalue weighted by Crippen LogP contribution is -2.43. The highest BCUT2D eigenvalue weighted by atomic mass is 16.5. The van der Waals surface area contributed by atoms with E-state index >= 15 is 0 Å². The van der Waals surface area contributed by atoms with Crippen molar-refractivity contribution in [3.05, 3.63) is 53.6 Å². The number of nitrogens with zero attached hydrogens (tertiary/aromatic N) is 2. The number of morpholine rings is 1. The lowest BCUT2D eigenvalue weighted by Gasteiger charge is -2.36. The summed E-state index contributed by atoms with van der Waals surface area (Å²) < 4.78 is 5.46. The van der Waals surface area contributed by atoms with Gasteiger partial charge in [-0.3, -0.25) is 14.7 Å². The van der Waals surface area contributed by atoms with Gasteiger partial charge in [0.05, 0.1) is 36.4 Å². The van der Waals surface area contributed by atoms with Gasteiger partial charge in [0.15, 0.2) is 0 Å². The minimum Gasteiger partial charge on any atom is -0.379 e. The summed E-state index contributed by atoms with van der Waals surface area (Å²) in [5.41, 5.74) is 4.81. The summed E-state index contributed by atoms with van der Waals surface area (Å²) in [4.78, 5) is 22.3. The summed E-state index contributed by atoms with van der Waals surface area (Å²) >= 11 is 0. The molecule has 2 N–H and O–H groups in total. The number of anilines is 1. The van der Waals surface area contributed by atoms with Crippen LogP contribution in [-0.2, 0) is 4.74 Å². The minimum absolute atomic E-state index is 0.129. The van der Waals surface area contributed by atoms with Crippen molar-refractivity contribution < 1.29 is 9.53 Å². The minimum atomic E-state index is -0.129. The molecule has 0 spiro atoms. The van der Waals surface area contributed by atoms with Crippen molar-refractivity contribution in [2.75, 3.05) is 31.6 Å². The summed E-state index contributed by atoms with van der Waals surface area (Å²) in [6, 6.07) is 4.38. The van der Waals surface area contributed by atoms with Crippen molar-refractivity contribution in [3.63, 3.8) is 0 Å². The molecular weight excluding hydrogens is 340 g/mol. The van der Waals surface area contributed by atoms with Gasteiger partial charge in [-0.15, -0.1) is 0 Å². The fraction of sp³-hybridized carbons (Fsp3) is 0.429. The number of nitrogens with one attached hydrogen (secondary N) is 2. The number of carbonyl (C=O) groups excluding carboxylic acids is 1. The Hall–Kier alpha value is -2.44. The van der Waals surface area contributed by atoms with Crippen LogP contribution in [0.2, 0.25) is 0 Å². The molecule has 27 heavy (non-hydrogen) atoms. The van der Waals surface area contributed by atoms with E-state index in [1.165, 1.54) is 12.0 Å². The number of pyridine rings is 1. The van der Waals surface area contributed by atoms with E-state index in [1.54, 1.807) is 24.7 Å². The number of aromatic nitrogens is 2. The summed E-state index contributed by atoms with van der Waals surface area (Å²) in [7, 11) is 0. The van der Waals surface area contributed by atoms with Gasteiger partial charge < -0.3 is 15.0 Å². The average Bonchev–Trinajstić information content (AvgIpc) is 3.24. The van der Waals surface area contributed by atoms with Gasteiger partial charge in [0.1, 0.15) is 0 Å². The Morgan fingerprint density at radius 2 is 2.22 bits per heavy atom. The van der Waals surface area contributed by atoms with Gasteiger partial charge in [0.25, 0.3) is 5.91 Å². The molecule has 1 fully saturated rings. The van der Waals surface area contributed by atoms with Crippen LogP contribution in [0, 0.1) is 6.92 Å². The zero-order valence-corrected chi connectivity index (χ0v) is 15.7. The molecule has 6 heteroatoms. The van der Waals surface area contributed by atoms with Crippen molar-refractivity contribution in [3.8, 4) is 0 Å². The van der Waals surface area contributed by atoms with Gasteiger partial charge in [-0.1, -0.05) is 6.08 Å². The number of carbonyl (C=O) groups is 1. The van der Waals surface area contributed by atoms with Crippen molar-refractivity contribution in [2.45, 2.75) is 32.2 Å². The smallest absolute Gasteiger partial charge is 0.257 e. The Kier molecular flexibility index (Phi) is 5.36. The van der Waals surface area contributed by atoms with E-state index in [4.69, 9.17) is 4.74 Å². The third-order valence-corrected chi connectivity index (χ3v) is 5.45. The number of aryl methyl sites for hydroxylation is 1. The maximum Gasteiger partial charge on any atom is 0.257 e. The molecule has 6 nitrogen and oxygen atoms in total. The molecule has 1 unspecified atom stereocenters. The summed E-state index contributed by atoms with van der Waals surface area (Å²) in [5, 5.41) is 2.91. The molecule has 1 atom stereocenters. The quantitative estimate of drug-likeness (QED) is 0.872. The van der Waals surface area contributed by atoms with E-state index in [0.29, 0.717) is 11.6 Å². The first-order valence-electron chi connectivity index (χ1n) is 9.62. The molecule has 2 aromatic heterocycles. The summed E-state index contributed by atoms with van der Waals surface area (Å²) in [6.45, 7) is 5.85. The van der Waals surface area contributed by atoms with Gasteiger partial charge >= 0.3 is 0 Å². The molecule has 1 amide bonds. The number of H-pyrrole nitrogens is 1. The third kappa shape index (κ3) is 4.12. The maximum atomic E-state index is 12.2. The fourth-order valence-corrected chi connectivity index (χ4v) is 3.96. The molecule has 1 aliphatic heterocycles. The highest BCUT2D eigenvalue weighted by Gasteiger charge is 2.24. The van der Waals surface area contributed by atoms with E-state index in [1.807, 2.05) is 6.07 Å². The summed E-state index contributed by atoms with van der Waals surface area (Å²) in [6.07, 6.45) is 10.8. The number of hydrogen-bond donors (Lipinski definition) is 2. The molecule has 4 rings (SSSR count). The van der Waals surface area contributed by atoms with Gasteiger partial charge in [-0.2, -0.15) is 0 Å². The molecule has 2 aliphatic rings. The highest BCUT2D eigenvalue weighted by molar-refractivity contribution is 6.04. The molecule has 2 aromatic rings. The molecule has 142 valence electrons. The number of ether oxygens (including phenoxy) is 1. The van der Waals surface area contributed by atoms with Crippen molar-refractivity contribution in [1.82, 2.24) is 14.9 Å². The Labute approximate surface area is 159 Å². The third-order valence-electron chi connectivity index (χ3n) is 5.45. The van der Waals surface area contributed by atoms with Crippen LogP contribution in [0.5, 0.6) is 0 Å². The number of hydrogen-bond acceptors (Lipinski definition) is 4. The SMILES string of the molecule is Cc1cc(NC(=O)c2cc[nH]c2)cnc1C1=CCC(N2CCOCC2)CC1. The molecular formula is C21H26N4O2. The monoisotopic (exact) mass is 366 g/mol. The Morgan fingerprint density at radius 1 is 1.37 bits per heavy atom. The molecule has 1 aliphatic carbocycles. The van der Waals surface area contributed by atoms with E-state index < -0.39 is 0 Å². The van der Waals surface area contributed by atoms with Crippen LogP contribution in [-0.4, -0.2) is 53.1 Å². The Balaban J connectivity index is 1.42. The second-order valence-electron chi connectivity index (χ2n) is 7.25. The second kappa shape index (κ2) is 8.06. The van der Waals surface area contributed by atoms with Crippen LogP contribution in [0.3, 0.4) is 0 Å². The van der Waals surface area contributed by atoms with Crippen LogP contribution in [0.15, 0.2) is 36.8 Å². The zero-order chi connectivity index (χ0) is 18.6. The van der Waals surface area contributed by atoms with Crippen LogP contribution >= 0.6 is 0 Å². The van der Waals surface area contributed by atoms with E-state index in [2.05, 4.69) is 33.2 Å². The van der Waals surface area contributed by atoms with Gasteiger partial charge in [0, 0.05) is 31.5 Å². The molecule has 3 heterocycles. The lowest BCUT2D eigenvalue weighted by atomic mass is 9.90. The summed E-state index contributed by atoms with van der Waals surface area (Å²) in [5.74, 6) is -0.129. The number of aromatic amines is 1. The molecule has 1 saturated heterocycles. The van der Waals surface area contributed by atoms with Crippen molar-refractivity contribution in [1.29, 1.82) is 0 Å². The number of rotatable bonds is 4. The normalized spacial score (nSPS) is 20.9. The van der Waals surface area contributed by atoms with E-state index in [0.717, 1.165) is 56.1 Å². The van der Waals surface area contributed by atoms with Gasteiger partial charge in [-0.05, 0) is 49.5 Å². The molecule has 0 aromatic carbocycles. The molecule has 0 radical (unpaired) electrons. The Bertz CT molecular complexity index is 823. The zero-order valence-electron chi connectivity index (χ0n) is 15.7. The van der Waals surface area contributed by atoms with E-state index in [9.17, 15) is 4.79 Å². The maximum absolute atomic E-state index is 12.2. The number of allylic oxidation sites excluding steroid dienone is 1. The first-order valence-corrected chi connectivity index (χ1v) is 9.62. The second-order valence-corrected chi connectivity index (χ2v) is 7.25. The standard InChI is InChI=1S/C21H26N4O2/c1-15-12-18(24-21(26)17-6-7-22-13-17)14-23-20(15)16-2-4-19(5-3-16)25-8-10-27-11-9-25/h2,6-7,12-14,19,22H,3-5,8-11H2,1H3,(H,24,26). The average molecular weight is 366 g/mol. The topological polar surface area (TPSA) is 70.2 Å². The van der Waals surface area contributed by atoms with Crippen LogP contribution < -0.4 is 5.32 Å². The van der Waals surface area contributed by atoms with Crippen LogP contribution in [0.4, 0.5) is 5.69 Å². The first kappa shape index (κ1) is 17.9. The van der Waals surface area contributed by atoms with Crippen molar-refractivity contribution in [2.24, 2.45) is 0 Å². The molecule has 0 saturated carbocycles. The van der Waals surface area contributed by atoms with Crippen molar-refractivity contribution >= 4 is 17.2 Å². The van der Waals surface area contributed by atoms with E-state index in [-0.39, 0.29) is 5.91 Å². The largest absolute Gasteiger partial charge is 0.379 e. The number of amides is 1. The van der Waals surface area contributed by atoms with Gasteiger partial charge in [0.2, 0.25) is 0 Å².